The maximum Gasteiger partial charge on any atom is 0.236 e. The van der Waals surface area contributed by atoms with Crippen LogP contribution >= 0.6 is 0 Å². The Balaban J connectivity index is 1.61. The molecule has 0 radical (unpaired) electrons. The Bertz CT molecular complexity index is 384. The molecule has 1 aromatic rings. The standard InChI is InChI=1S/C12H20N4O/c1-15-9-10(7-14-15)5-6-13-8-12(17)16(2)11-3-4-11/h7,9,11,13H,3-6,8H2,1-2H3. The third-order valence-electron chi connectivity index (χ3n) is 3.11. The molecule has 0 bridgehead atoms. The van der Waals surface area contributed by atoms with Gasteiger partial charge >= 0.3 is 0 Å². The molecule has 0 unspecified atom stereocenters. The van der Waals surface area contributed by atoms with Crippen molar-refractivity contribution in [3.05, 3.63) is 18.0 Å². The van der Waals surface area contributed by atoms with Gasteiger partial charge in [0.25, 0.3) is 0 Å². The van der Waals surface area contributed by atoms with E-state index < -0.39 is 0 Å². The van der Waals surface area contributed by atoms with Gasteiger partial charge in [-0.2, -0.15) is 5.10 Å². The van der Waals surface area contributed by atoms with Gasteiger partial charge in [0.2, 0.25) is 5.91 Å². The second-order valence-corrected chi connectivity index (χ2v) is 4.68. The van der Waals surface area contributed by atoms with Gasteiger partial charge in [0.15, 0.2) is 0 Å². The number of hydrogen-bond donors (Lipinski definition) is 1. The van der Waals surface area contributed by atoms with E-state index in [1.807, 2.05) is 31.4 Å². The molecule has 0 spiro atoms. The molecule has 1 aliphatic rings. The summed E-state index contributed by atoms with van der Waals surface area (Å²) in [7, 11) is 3.80. The van der Waals surface area contributed by atoms with Gasteiger partial charge in [-0.05, 0) is 31.4 Å². The Morgan fingerprint density at radius 1 is 1.65 bits per heavy atom. The van der Waals surface area contributed by atoms with E-state index in [9.17, 15) is 4.79 Å². The summed E-state index contributed by atoms with van der Waals surface area (Å²) in [5.41, 5.74) is 1.20. The van der Waals surface area contributed by atoms with Crippen molar-refractivity contribution in [3.8, 4) is 0 Å². The lowest BCUT2D eigenvalue weighted by Gasteiger charge is -2.16. The van der Waals surface area contributed by atoms with Gasteiger partial charge in [0, 0.05) is 26.3 Å². The number of nitrogens with one attached hydrogen (secondary N) is 1. The normalized spacial score (nSPS) is 14.9. The van der Waals surface area contributed by atoms with E-state index in [1.54, 1.807) is 4.68 Å². The molecule has 94 valence electrons. The number of nitrogens with zero attached hydrogens (tertiary/aromatic N) is 3. The molecule has 0 atom stereocenters. The highest BCUT2D eigenvalue weighted by molar-refractivity contribution is 5.78. The number of carbonyl (C=O) groups excluding carboxylic acids is 1. The van der Waals surface area contributed by atoms with Gasteiger partial charge in [-0.25, -0.2) is 0 Å². The fourth-order valence-corrected chi connectivity index (χ4v) is 1.82. The Kier molecular flexibility index (Phi) is 3.78. The molecule has 1 saturated carbocycles. The fourth-order valence-electron chi connectivity index (χ4n) is 1.82. The van der Waals surface area contributed by atoms with Crippen LogP contribution in [-0.4, -0.2) is 46.8 Å². The number of hydrogen-bond acceptors (Lipinski definition) is 3. The van der Waals surface area contributed by atoms with Gasteiger partial charge in [-0.1, -0.05) is 0 Å². The van der Waals surface area contributed by atoms with Gasteiger partial charge < -0.3 is 10.2 Å². The van der Waals surface area contributed by atoms with Crippen LogP contribution in [0.3, 0.4) is 0 Å². The van der Waals surface area contributed by atoms with Crippen LogP contribution in [0.15, 0.2) is 12.4 Å². The number of likely N-dealkylation sites (N-methyl/N-ethyl adjacent to an activating group) is 1. The van der Waals surface area contributed by atoms with Crippen LogP contribution in [0.2, 0.25) is 0 Å². The van der Waals surface area contributed by atoms with Crippen LogP contribution < -0.4 is 5.32 Å². The predicted octanol–water partition coefficient (Wildman–Crippen LogP) is 0.173. The molecular formula is C12H20N4O. The summed E-state index contributed by atoms with van der Waals surface area (Å²) in [6.45, 7) is 1.25. The number of amides is 1. The Hall–Kier alpha value is -1.36. The average molecular weight is 236 g/mol. The molecule has 2 rings (SSSR count). The molecule has 17 heavy (non-hydrogen) atoms. The molecule has 5 heteroatoms. The first kappa shape index (κ1) is 12.1. The van der Waals surface area contributed by atoms with E-state index in [-0.39, 0.29) is 5.91 Å². The van der Waals surface area contributed by atoms with Crippen molar-refractivity contribution >= 4 is 5.91 Å². The first-order chi connectivity index (χ1) is 8.16. The zero-order valence-corrected chi connectivity index (χ0v) is 10.5. The van der Waals surface area contributed by atoms with E-state index in [4.69, 9.17) is 0 Å². The maximum absolute atomic E-state index is 11.7. The minimum Gasteiger partial charge on any atom is -0.342 e. The topological polar surface area (TPSA) is 50.2 Å². The van der Waals surface area contributed by atoms with Gasteiger partial charge in [0.1, 0.15) is 0 Å². The quantitative estimate of drug-likeness (QED) is 0.717. The largest absolute Gasteiger partial charge is 0.342 e. The molecule has 1 aliphatic carbocycles. The molecule has 0 aromatic carbocycles. The molecule has 5 nitrogen and oxygen atoms in total. The van der Waals surface area contributed by atoms with E-state index in [1.165, 1.54) is 5.56 Å². The second-order valence-electron chi connectivity index (χ2n) is 4.68. The fraction of sp³-hybridized carbons (Fsp3) is 0.667. The predicted molar refractivity (Wildman–Crippen MR) is 65.6 cm³/mol. The highest BCUT2D eigenvalue weighted by atomic mass is 16.2. The molecule has 1 N–H and O–H groups in total. The smallest absolute Gasteiger partial charge is 0.236 e. The highest BCUT2D eigenvalue weighted by Gasteiger charge is 2.28. The molecule has 1 fully saturated rings. The Morgan fingerprint density at radius 3 is 3.00 bits per heavy atom. The first-order valence-electron chi connectivity index (χ1n) is 6.10. The van der Waals surface area contributed by atoms with Crippen LogP contribution in [0.25, 0.3) is 0 Å². The number of aromatic nitrogens is 2. The monoisotopic (exact) mass is 236 g/mol. The zero-order valence-electron chi connectivity index (χ0n) is 10.5. The Labute approximate surface area is 102 Å². The third kappa shape index (κ3) is 3.56. The van der Waals surface area contributed by atoms with Crippen molar-refractivity contribution in [1.82, 2.24) is 20.0 Å². The van der Waals surface area contributed by atoms with Gasteiger partial charge in [0.05, 0.1) is 12.7 Å². The number of rotatable bonds is 6. The first-order valence-corrected chi connectivity index (χ1v) is 6.10. The average Bonchev–Trinajstić information content (AvgIpc) is 3.07. The summed E-state index contributed by atoms with van der Waals surface area (Å²) < 4.78 is 1.79. The van der Waals surface area contributed by atoms with Crippen molar-refractivity contribution in [2.24, 2.45) is 7.05 Å². The third-order valence-corrected chi connectivity index (χ3v) is 3.11. The lowest BCUT2D eigenvalue weighted by molar-refractivity contribution is -0.129. The molecule has 1 amide bonds. The summed E-state index contributed by atoms with van der Waals surface area (Å²) in [6.07, 6.45) is 7.10. The number of carbonyl (C=O) groups is 1. The molecule has 0 aliphatic heterocycles. The summed E-state index contributed by atoms with van der Waals surface area (Å²) in [4.78, 5) is 13.5. The van der Waals surface area contributed by atoms with Crippen molar-refractivity contribution in [3.63, 3.8) is 0 Å². The highest BCUT2D eigenvalue weighted by Crippen LogP contribution is 2.24. The minimum absolute atomic E-state index is 0.193. The zero-order chi connectivity index (χ0) is 12.3. The van der Waals surface area contributed by atoms with E-state index in [2.05, 4.69) is 10.4 Å². The van der Waals surface area contributed by atoms with E-state index in [0.717, 1.165) is 25.8 Å². The summed E-state index contributed by atoms with van der Waals surface area (Å²) >= 11 is 0. The molecular weight excluding hydrogens is 216 g/mol. The van der Waals surface area contributed by atoms with Gasteiger partial charge in [-0.3, -0.25) is 9.48 Å². The minimum atomic E-state index is 0.193. The molecule has 1 heterocycles. The SMILES string of the molecule is CN(C(=O)CNCCc1cnn(C)c1)C1CC1. The van der Waals surface area contributed by atoms with Crippen molar-refractivity contribution < 1.29 is 4.79 Å². The van der Waals surface area contributed by atoms with Crippen molar-refractivity contribution in [1.29, 1.82) is 0 Å². The van der Waals surface area contributed by atoms with Crippen LogP contribution in [0, 0.1) is 0 Å². The molecule has 0 saturated heterocycles. The lowest BCUT2D eigenvalue weighted by Crippen LogP contribution is -2.37. The van der Waals surface area contributed by atoms with E-state index >= 15 is 0 Å². The maximum atomic E-state index is 11.7. The van der Waals surface area contributed by atoms with Gasteiger partial charge in [-0.15, -0.1) is 0 Å². The van der Waals surface area contributed by atoms with Crippen LogP contribution in [0.1, 0.15) is 18.4 Å². The van der Waals surface area contributed by atoms with Crippen LogP contribution in [0.4, 0.5) is 0 Å². The summed E-state index contributed by atoms with van der Waals surface area (Å²) in [5.74, 6) is 0.193. The van der Waals surface area contributed by atoms with E-state index in [0.29, 0.717) is 12.6 Å². The second kappa shape index (κ2) is 5.31. The molecule has 1 aromatic heterocycles. The summed E-state index contributed by atoms with van der Waals surface area (Å²) in [6, 6.07) is 0.502. The van der Waals surface area contributed by atoms with Crippen LogP contribution in [0.5, 0.6) is 0 Å². The summed E-state index contributed by atoms with van der Waals surface area (Å²) in [5, 5.41) is 7.28. The Morgan fingerprint density at radius 2 is 2.41 bits per heavy atom. The van der Waals surface area contributed by atoms with Crippen molar-refractivity contribution in [2.75, 3.05) is 20.1 Å². The van der Waals surface area contributed by atoms with Crippen molar-refractivity contribution in [2.45, 2.75) is 25.3 Å². The number of aryl methyl sites for hydroxylation is 1. The lowest BCUT2D eigenvalue weighted by atomic mass is 10.2. The van der Waals surface area contributed by atoms with Crippen LogP contribution in [-0.2, 0) is 18.3 Å².